The Balaban J connectivity index is 1.67. The maximum atomic E-state index is 11.6. The van der Waals surface area contributed by atoms with E-state index in [-0.39, 0.29) is 6.03 Å². The first-order valence-corrected chi connectivity index (χ1v) is 6.74. The van der Waals surface area contributed by atoms with Crippen molar-refractivity contribution in [1.82, 2.24) is 15.8 Å². The number of urea groups is 1. The summed E-state index contributed by atoms with van der Waals surface area (Å²) in [5, 5.41) is 9.35. The number of nitrogens with one attached hydrogen (secondary N) is 2. The van der Waals surface area contributed by atoms with Gasteiger partial charge in [0.25, 0.3) is 0 Å². The largest absolute Gasteiger partial charge is 0.497 e. The molecule has 1 heterocycles. The van der Waals surface area contributed by atoms with E-state index < -0.39 is 0 Å². The van der Waals surface area contributed by atoms with Crippen LogP contribution in [0.1, 0.15) is 17.0 Å². The summed E-state index contributed by atoms with van der Waals surface area (Å²) >= 11 is 0. The highest BCUT2D eigenvalue weighted by molar-refractivity contribution is 5.73. The predicted octanol–water partition coefficient (Wildman–Crippen LogP) is 2.03. The van der Waals surface area contributed by atoms with E-state index >= 15 is 0 Å². The van der Waals surface area contributed by atoms with Crippen LogP contribution in [0.25, 0.3) is 0 Å². The zero-order chi connectivity index (χ0) is 15.1. The molecule has 1 aromatic carbocycles. The summed E-state index contributed by atoms with van der Waals surface area (Å²) < 4.78 is 10.1. The summed E-state index contributed by atoms with van der Waals surface area (Å²) in [4.78, 5) is 11.6. The summed E-state index contributed by atoms with van der Waals surface area (Å²) in [6.45, 7) is 2.84. The summed E-state index contributed by atoms with van der Waals surface area (Å²) in [6.07, 6.45) is 0.622. The van der Waals surface area contributed by atoms with Crippen LogP contribution in [0.15, 0.2) is 34.9 Å². The van der Waals surface area contributed by atoms with Crippen LogP contribution in [0.5, 0.6) is 5.75 Å². The van der Waals surface area contributed by atoms with Gasteiger partial charge in [-0.25, -0.2) is 4.79 Å². The Morgan fingerprint density at radius 3 is 2.67 bits per heavy atom. The Kier molecular flexibility index (Phi) is 5.20. The molecule has 0 bridgehead atoms. The monoisotopic (exact) mass is 289 g/mol. The van der Waals surface area contributed by atoms with Gasteiger partial charge < -0.3 is 19.9 Å². The van der Waals surface area contributed by atoms with Crippen LogP contribution in [-0.2, 0) is 13.0 Å². The van der Waals surface area contributed by atoms with Crippen molar-refractivity contribution in [1.29, 1.82) is 0 Å². The topological polar surface area (TPSA) is 76.4 Å². The number of ether oxygens (including phenoxy) is 1. The minimum atomic E-state index is -0.206. The lowest BCUT2D eigenvalue weighted by Gasteiger charge is -2.07. The molecular weight excluding hydrogens is 270 g/mol. The molecule has 0 aliphatic rings. The minimum absolute atomic E-state index is 0.206. The second kappa shape index (κ2) is 7.33. The number of aromatic nitrogens is 1. The van der Waals surface area contributed by atoms with E-state index in [1.165, 1.54) is 0 Å². The molecule has 1 aromatic heterocycles. The molecule has 0 fully saturated rings. The number of hydrogen-bond donors (Lipinski definition) is 2. The average Bonchev–Trinajstić information content (AvgIpc) is 2.91. The quantitative estimate of drug-likeness (QED) is 0.853. The van der Waals surface area contributed by atoms with Gasteiger partial charge in [-0.2, -0.15) is 0 Å². The molecule has 2 amide bonds. The average molecular weight is 289 g/mol. The van der Waals surface area contributed by atoms with Crippen molar-refractivity contribution >= 4 is 6.03 Å². The van der Waals surface area contributed by atoms with Crippen molar-refractivity contribution in [3.8, 4) is 5.75 Å². The summed E-state index contributed by atoms with van der Waals surface area (Å²) in [7, 11) is 1.62. The van der Waals surface area contributed by atoms with Gasteiger partial charge >= 0.3 is 6.03 Å². The molecule has 6 heteroatoms. The fourth-order valence-corrected chi connectivity index (χ4v) is 1.82. The number of carbonyl (C=O) groups excluding carboxylic acids is 1. The highest BCUT2D eigenvalue weighted by Crippen LogP contribution is 2.10. The summed E-state index contributed by atoms with van der Waals surface area (Å²) in [5.74, 6) is 1.56. The van der Waals surface area contributed by atoms with E-state index in [1.807, 2.05) is 37.3 Å². The van der Waals surface area contributed by atoms with Crippen molar-refractivity contribution in [3.05, 3.63) is 47.3 Å². The van der Waals surface area contributed by atoms with E-state index in [4.69, 9.17) is 9.26 Å². The van der Waals surface area contributed by atoms with Crippen LogP contribution in [0.4, 0.5) is 4.79 Å². The predicted molar refractivity (Wildman–Crippen MR) is 78.2 cm³/mol. The maximum Gasteiger partial charge on any atom is 0.315 e. The van der Waals surface area contributed by atoms with Crippen LogP contribution in [0, 0.1) is 6.92 Å². The molecule has 6 nitrogen and oxygen atoms in total. The zero-order valence-corrected chi connectivity index (χ0v) is 12.2. The molecule has 0 atom stereocenters. The van der Waals surface area contributed by atoms with E-state index in [2.05, 4.69) is 15.8 Å². The molecule has 0 saturated carbocycles. The third-order valence-corrected chi connectivity index (χ3v) is 2.95. The molecular formula is C15H19N3O3. The molecule has 0 saturated heterocycles. The molecule has 2 N–H and O–H groups in total. The van der Waals surface area contributed by atoms with Crippen molar-refractivity contribution in [2.75, 3.05) is 13.7 Å². The second-order valence-electron chi connectivity index (χ2n) is 4.64. The number of carbonyl (C=O) groups is 1. The summed E-state index contributed by atoms with van der Waals surface area (Å²) in [5.41, 5.74) is 1.85. The first-order chi connectivity index (χ1) is 10.2. The number of benzene rings is 1. The number of amides is 2. The molecule has 21 heavy (non-hydrogen) atoms. The van der Waals surface area contributed by atoms with Gasteiger partial charge in [0.1, 0.15) is 11.5 Å². The van der Waals surface area contributed by atoms with Gasteiger partial charge in [-0.05, 0) is 24.6 Å². The number of nitrogens with zero attached hydrogens (tertiary/aromatic N) is 1. The molecule has 0 spiro atoms. The fraction of sp³-hybridized carbons (Fsp3) is 0.333. The van der Waals surface area contributed by atoms with E-state index in [9.17, 15) is 4.79 Å². The number of hydrogen-bond acceptors (Lipinski definition) is 4. The SMILES string of the molecule is COc1ccc(CNC(=O)NCCc2cc(C)no2)cc1. The van der Waals surface area contributed by atoms with E-state index in [0.717, 1.165) is 22.8 Å². The van der Waals surface area contributed by atoms with Crippen molar-refractivity contribution < 1.29 is 14.1 Å². The fourth-order valence-electron chi connectivity index (χ4n) is 1.82. The van der Waals surface area contributed by atoms with E-state index in [1.54, 1.807) is 7.11 Å². The summed E-state index contributed by atoms with van der Waals surface area (Å²) in [6, 6.07) is 9.20. The smallest absolute Gasteiger partial charge is 0.315 e. The standard InChI is InChI=1S/C15H19N3O3/c1-11-9-14(21-18-11)7-8-16-15(19)17-10-12-3-5-13(20-2)6-4-12/h3-6,9H,7-8,10H2,1-2H3,(H2,16,17,19). The third kappa shape index (κ3) is 4.83. The zero-order valence-electron chi connectivity index (χ0n) is 12.2. The lowest BCUT2D eigenvalue weighted by atomic mass is 10.2. The second-order valence-corrected chi connectivity index (χ2v) is 4.64. The van der Waals surface area contributed by atoms with Crippen LogP contribution in [-0.4, -0.2) is 24.8 Å². The molecule has 112 valence electrons. The van der Waals surface area contributed by atoms with Crippen LogP contribution in [0.3, 0.4) is 0 Å². The first kappa shape index (κ1) is 14.9. The molecule has 0 aliphatic heterocycles. The van der Waals surface area contributed by atoms with Gasteiger partial charge in [0.2, 0.25) is 0 Å². The Morgan fingerprint density at radius 2 is 2.05 bits per heavy atom. The van der Waals surface area contributed by atoms with Crippen LogP contribution >= 0.6 is 0 Å². The normalized spacial score (nSPS) is 10.2. The first-order valence-electron chi connectivity index (χ1n) is 6.74. The van der Waals surface area contributed by atoms with Crippen molar-refractivity contribution in [3.63, 3.8) is 0 Å². The lowest BCUT2D eigenvalue weighted by molar-refractivity contribution is 0.240. The number of aryl methyl sites for hydroxylation is 1. The Hall–Kier alpha value is -2.50. The van der Waals surface area contributed by atoms with Crippen LogP contribution < -0.4 is 15.4 Å². The van der Waals surface area contributed by atoms with Gasteiger partial charge in [0, 0.05) is 25.6 Å². The molecule has 0 radical (unpaired) electrons. The highest BCUT2D eigenvalue weighted by Gasteiger charge is 2.03. The Morgan fingerprint density at radius 1 is 1.29 bits per heavy atom. The molecule has 2 aromatic rings. The minimum Gasteiger partial charge on any atom is -0.497 e. The number of methoxy groups -OCH3 is 1. The van der Waals surface area contributed by atoms with Crippen LogP contribution in [0.2, 0.25) is 0 Å². The van der Waals surface area contributed by atoms with Crippen molar-refractivity contribution in [2.45, 2.75) is 19.9 Å². The third-order valence-electron chi connectivity index (χ3n) is 2.95. The van der Waals surface area contributed by atoms with Gasteiger partial charge in [-0.3, -0.25) is 0 Å². The lowest BCUT2D eigenvalue weighted by Crippen LogP contribution is -2.36. The Bertz CT molecular complexity index is 578. The maximum absolute atomic E-state index is 11.6. The van der Waals surface area contributed by atoms with Gasteiger partial charge in [-0.1, -0.05) is 17.3 Å². The molecule has 0 aliphatic carbocycles. The van der Waals surface area contributed by atoms with Gasteiger partial charge in [0.15, 0.2) is 0 Å². The highest BCUT2D eigenvalue weighted by atomic mass is 16.5. The van der Waals surface area contributed by atoms with E-state index in [0.29, 0.717) is 19.5 Å². The van der Waals surface area contributed by atoms with Gasteiger partial charge in [-0.15, -0.1) is 0 Å². The Labute approximate surface area is 123 Å². The molecule has 2 rings (SSSR count). The number of rotatable bonds is 6. The van der Waals surface area contributed by atoms with Gasteiger partial charge in [0.05, 0.1) is 12.8 Å². The molecule has 0 unspecified atom stereocenters. The van der Waals surface area contributed by atoms with Crippen molar-refractivity contribution in [2.24, 2.45) is 0 Å².